The van der Waals surface area contributed by atoms with Crippen LogP contribution in [0, 0.1) is 5.41 Å². The minimum absolute atomic E-state index is 0.165. The molecule has 38 heavy (non-hydrogen) atoms. The van der Waals surface area contributed by atoms with Gasteiger partial charge in [-0.15, -0.1) is 0 Å². The van der Waals surface area contributed by atoms with Gasteiger partial charge in [0, 0.05) is 42.1 Å². The SMILES string of the molecule is CC(=O)Nc1ccc(Cl)cc1N1CC[C@@H](n2c(=N)n(Cc3cccc4[nH]ccc34)c3ccccc32)[C@H](O)C1. The zero-order valence-electron chi connectivity index (χ0n) is 21.0. The van der Waals surface area contributed by atoms with Crippen molar-refractivity contribution in [2.45, 2.75) is 32.0 Å². The topological polar surface area (TPSA) is 102 Å². The Morgan fingerprint density at radius 3 is 2.74 bits per heavy atom. The lowest BCUT2D eigenvalue weighted by Gasteiger charge is -2.38. The number of piperidine rings is 1. The third-order valence-electron chi connectivity index (χ3n) is 7.42. The van der Waals surface area contributed by atoms with Crippen LogP contribution in [0.25, 0.3) is 21.9 Å². The van der Waals surface area contributed by atoms with E-state index < -0.39 is 6.10 Å². The Morgan fingerprint density at radius 2 is 1.95 bits per heavy atom. The predicted molar refractivity (Wildman–Crippen MR) is 151 cm³/mol. The van der Waals surface area contributed by atoms with Gasteiger partial charge in [0.2, 0.25) is 11.5 Å². The first kappa shape index (κ1) is 24.3. The molecule has 0 unspecified atom stereocenters. The summed E-state index contributed by atoms with van der Waals surface area (Å²) >= 11 is 6.28. The first-order chi connectivity index (χ1) is 18.4. The highest BCUT2D eigenvalue weighted by Crippen LogP contribution is 2.34. The van der Waals surface area contributed by atoms with Crippen LogP contribution in [0.2, 0.25) is 5.02 Å². The lowest BCUT2D eigenvalue weighted by atomic mass is 10.00. The number of imidazole rings is 1. The maximum Gasteiger partial charge on any atom is 0.221 e. The van der Waals surface area contributed by atoms with Crippen molar-refractivity contribution in [3.05, 3.63) is 89.1 Å². The molecule has 1 aliphatic heterocycles. The van der Waals surface area contributed by atoms with Crippen molar-refractivity contribution >= 4 is 50.8 Å². The van der Waals surface area contributed by atoms with Crippen LogP contribution >= 0.6 is 11.6 Å². The van der Waals surface area contributed by atoms with Gasteiger partial charge in [0.15, 0.2) is 0 Å². The van der Waals surface area contributed by atoms with Gasteiger partial charge in [-0.25, -0.2) is 0 Å². The number of hydrogen-bond acceptors (Lipinski definition) is 4. The minimum atomic E-state index is -0.727. The molecule has 2 atom stereocenters. The van der Waals surface area contributed by atoms with Gasteiger partial charge in [0.05, 0.1) is 41.1 Å². The van der Waals surface area contributed by atoms with E-state index in [1.165, 1.54) is 6.92 Å². The summed E-state index contributed by atoms with van der Waals surface area (Å²) in [7, 11) is 0. The zero-order chi connectivity index (χ0) is 26.4. The first-order valence-electron chi connectivity index (χ1n) is 12.7. The summed E-state index contributed by atoms with van der Waals surface area (Å²) in [6.45, 7) is 3.02. The van der Waals surface area contributed by atoms with Gasteiger partial charge in [-0.05, 0) is 54.4 Å². The fraction of sp³-hybridized carbons (Fsp3) is 0.241. The number of fused-ring (bicyclic) bond motifs is 2. The molecule has 1 saturated heterocycles. The monoisotopic (exact) mass is 528 g/mol. The second-order valence-electron chi connectivity index (χ2n) is 9.84. The molecular weight excluding hydrogens is 500 g/mol. The van der Waals surface area contributed by atoms with E-state index in [1.54, 1.807) is 12.1 Å². The van der Waals surface area contributed by atoms with Crippen LogP contribution in [0.1, 0.15) is 24.9 Å². The molecular formula is C29H29ClN6O2. The quantitative estimate of drug-likeness (QED) is 0.261. The first-order valence-corrected chi connectivity index (χ1v) is 13.1. The van der Waals surface area contributed by atoms with E-state index in [4.69, 9.17) is 11.6 Å². The molecule has 0 bridgehead atoms. The summed E-state index contributed by atoms with van der Waals surface area (Å²) in [5, 5.41) is 25.2. The number of β-amino-alcohol motifs (C(OH)–C–C–N with tert-alkyl or cyclic N) is 1. The molecule has 0 aliphatic carbocycles. The number of para-hydroxylation sites is 2. The maximum absolute atomic E-state index is 11.7. The number of benzene rings is 3. The van der Waals surface area contributed by atoms with Gasteiger partial charge >= 0.3 is 0 Å². The molecule has 4 N–H and O–H groups in total. The fourth-order valence-corrected chi connectivity index (χ4v) is 5.88. The number of aromatic nitrogens is 3. The second kappa shape index (κ2) is 9.70. The van der Waals surface area contributed by atoms with Gasteiger partial charge in [-0.3, -0.25) is 10.2 Å². The Bertz CT molecular complexity index is 1720. The number of H-pyrrole nitrogens is 1. The average Bonchev–Trinajstić information content (AvgIpc) is 3.49. The number of carbonyl (C=O) groups is 1. The normalized spacial score (nSPS) is 17.8. The van der Waals surface area contributed by atoms with Crippen molar-refractivity contribution in [2.24, 2.45) is 0 Å². The highest BCUT2D eigenvalue weighted by molar-refractivity contribution is 6.31. The second-order valence-corrected chi connectivity index (χ2v) is 10.3. The highest BCUT2D eigenvalue weighted by atomic mass is 35.5. The number of nitrogens with zero attached hydrogens (tertiary/aromatic N) is 3. The molecule has 3 heterocycles. The van der Waals surface area contributed by atoms with Crippen molar-refractivity contribution in [3.8, 4) is 0 Å². The van der Waals surface area contributed by atoms with Crippen LogP contribution in [0.3, 0.4) is 0 Å². The summed E-state index contributed by atoms with van der Waals surface area (Å²) < 4.78 is 3.99. The van der Waals surface area contributed by atoms with Crippen molar-refractivity contribution < 1.29 is 9.90 Å². The Hall–Kier alpha value is -4.01. The zero-order valence-corrected chi connectivity index (χ0v) is 21.7. The predicted octanol–water partition coefficient (Wildman–Crippen LogP) is 4.88. The number of carbonyl (C=O) groups excluding carboxylic acids is 1. The van der Waals surface area contributed by atoms with E-state index in [2.05, 4.69) is 28.5 Å². The lowest BCUT2D eigenvalue weighted by Crippen LogP contribution is -2.47. The molecule has 6 rings (SSSR count). The van der Waals surface area contributed by atoms with Crippen molar-refractivity contribution in [1.82, 2.24) is 14.1 Å². The van der Waals surface area contributed by atoms with Crippen LogP contribution in [0.4, 0.5) is 11.4 Å². The van der Waals surface area contributed by atoms with Crippen LogP contribution < -0.4 is 15.8 Å². The summed E-state index contributed by atoms with van der Waals surface area (Å²) in [6.07, 6.45) is 1.84. The summed E-state index contributed by atoms with van der Waals surface area (Å²) in [5.74, 6) is -0.165. The maximum atomic E-state index is 11.7. The standard InChI is InChI=1S/C29H29ClN6O2/c1-18(37)33-23-10-9-20(30)15-27(23)34-14-12-26(28(38)17-34)36-25-8-3-2-7-24(25)35(29(36)31)16-19-5-4-6-22-21(19)11-13-32-22/h2-11,13,15,26,28,31-32,38H,12,14,16-17H2,1H3,(H,33,37)/t26-,28-/m1/s1. The Balaban J connectivity index is 1.35. The van der Waals surface area contributed by atoms with E-state index in [1.807, 2.05) is 56.6 Å². The molecule has 3 aromatic carbocycles. The Labute approximate surface area is 224 Å². The molecule has 9 heteroatoms. The van der Waals surface area contributed by atoms with Gasteiger partial charge in [-0.2, -0.15) is 0 Å². The van der Waals surface area contributed by atoms with E-state index in [0.29, 0.717) is 42.4 Å². The summed E-state index contributed by atoms with van der Waals surface area (Å²) in [6, 6.07) is 21.3. The fourth-order valence-electron chi connectivity index (χ4n) is 5.71. The Kier molecular flexibility index (Phi) is 6.21. The number of rotatable bonds is 5. The van der Waals surface area contributed by atoms with Crippen molar-refractivity contribution in [1.29, 1.82) is 5.41 Å². The van der Waals surface area contributed by atoms with Gasteiger partial charge in [-0.1, -0.05) is 35.9 Å². The van der Waals surface area contributed by atoms with E-state index in [-0.39, 0.29) is 11.9 Å². The van der Waals surface area contributed by atoms with E-state index in [0.717, 1.165) is 33.2 Å². The summed E-state index contributed by atoms with van der Waals surface area (Å²) in [4.78, 5) is 17.1. The molecule has 0 saturated carbocycles. The van der Waals surface area contributed by atoms with Crippen molar-refractivity contribution in [3.63, 3.8) is 0 Å². The number of amides is 1. The molecule has 1 amide bonds. The molecule has 5 aromatic rings. The number of hydrogen-bond donors (Lipinski definition) is 4. The third-order valence-corrected chi connectivity index (χ3v) is 7.65. The Morgan fingerprint density at radius 1 is 1.13 bits per heavy atom. The number of halogens is 1. The molecule has 0 radical (unpaired) electrons. The van der Waals surface area contributed by atoms with Crippen molar-refractivity contribution in [2.75, 3.05) is 23.3 Å². The number of aliphatic hydroxyl groups excluding tert-OH is 1. The number of nitrogens with one attached hydrogen (secondary N) is 3. The largest absolute Gasteiger partial charge is 0.389 e. The lowest BCUT2D eigenvalue weighted by molar-refractivity contribution is -0.114. The van der Waals surface area contributed by atoms with E-state index in [9.17, 15) is 15.3 Å². The molecule has 1 fully saturated rings. The average molecular weight is 529 g/mol. The van der Waals surface area contributed by atoms with Gasteiger partial charge in [0.25, 0.3) is 0 Å². The molecule has 194 valence electrons. The number of aromatic amines is 1. The van der Waals surface area contributed by atoms with Crippen LogP contribution in [-0.2, 0) is 11.3 Å². The summed E-state index contributed by atoms with van der Waals surface area (Å²) in [5.41, 5.74) is 5.89. The molecule has 8 nitrogen and oxygen atoms in total. The van der Waals surface area contributed by atoms with Gasteiger partial charge in [0.1, 0.15) is 0 Å². The van der Waals surface area contributed by atoms with E-state index >= 15 is 0 Å². The minimum Gasteiger partial charge on any atom is -0.389 e. The number of anilines is 2. The highest BCUT2D eigenvalue weighted by Gasteiger charge is 2.32. The smallest absolute Gasteiger partial charge is 0.221 e. The van der Waals surface area contributed by atoms with Crippen LogP contribution in [0.15, 0.2) is 72.9 Å². The molecule has 2 aromatic heterocycles. The van der Waals surface area contributed by atoms with Crippen LogP contribution in [-0.4, -0.2) is 44.3 Å². The number of aliphatic hydroxyl groups is 1. The molecule has 0 spiro atoms. The van der Waals surface area contributed by atoms with Gasteiger partial charge < -0.3 is 29.4 Å². The molecule has 1 aliphatic rings. The third kappa shape index (κ3) is 4.25. The van der Waals surface area contributed by atoms with Crippen LogP contribution in [0.5, 0.6) is 0 Å².